The number of nitrogens with zero attached hydrogens (tertiary/aromatic N) is 3. The first-order valence-electron chi connectivity index (χ1n) is 9.58. The van der Waals surface area contributed by atoms with Gasteiger partial charge in [-0.05, 0) is 25.0 Å². The van der Waals surface area contributed by atoms with Crippen LogP contribution in [-0.4, -0.2) is 74.6 Å². The Bertz CT molecular complexity index is 749. The molecule has 1 heterocycles. The molecule has 2 atom stereocenters. The van der Waals surface area contributed by atoms with Gasteiger partial charge in [0, 0.05) is 41.9 Å². The van der Waals surface area contributed by atoms with Gasteiger partial charge in [-0.1, -0.05) is 12.8 Å². The van der Waals surface area contributed by atoms with E-state index in [0.29, 0.717) is 18.5 Å². The fourth-order valence-electron chi connectivity index (χ4n) is 3.86. The molecule has 2 rings (SSSR count). The Morgan fingerprint density at radius 3 is 2.10 bits per heavy atom. The maximum Gasteiger partial charge on any atom is 0.317 e. The quantitative estimate of drug-likeness (QED) is 0.286. The molecule has 0 aliphatic heterocycles. The van der Waals surface area contributed by atoms with E-state index in [2.05, 4.69) is 28.7 Å². The van der Waals surface area contributed by atoms with Crippen LogP contribution in [0.5, 0.6) is 5.75 Å². The van der Waals surface area contributed by atoms with Crippen LogP contribution in [0.4, 0.5) is 0 Å². The van der Waals surface area contributed by atoms with E-state index in [0.717, 1.165) is 12.8 Å². The molecule has 0 spiro atoms. The van der Waals surface area contributed by atoms with E-state index in [4.69, 9.17) is 0 Å². The predicted molar refractivity (Wildman–Crippen MR) is 104 cm³/mol. The number of hydrogen-bond donors (Lipinski definition) is 2. The molecule has 10 nitrogen and oxygen atoms in total. The summed E-state index contributed by atoms with van der Waals surface area (Å²) in [5, 5.41) is 19.5. The Morgan fingerprint density at radius 2 is 1.58 bits per heavy atom. The number of carbonyl (C=O) groups is 3. The Balaban J connectivity index is 0.00000480. The fraction of sp³-hybridized carbons (Fsp3) is 0.500. The van der Waals surface area contributed by atoms with Gasteiger partial charge in [0.2, 0.25) is 0 Å². The average Bonchev–Trinajstić information content (AvgIpc) is 2.73. The maximum absolute atomic E-state index is 12.0. The Morgan fingerprint density at radius 1 is 1.03 bits per heavy atom. The summed E-state index contributed by atoms with van der Waals surface area (Å²) in [4.78, 5) is 42.7. The molecule has 0 bridgehead atoms. The number of ether oxygens (including phenoxy) is 2. The van der Waals surface area contributed by atoms with Crippen molar-refractivity contribution < 1.29 is 51.1 Å². The van der Waals surface area contributed by atoms with Crippen molar-refractivity contribution in [2.75, 3.05) is 19.6 Å². The number of aromatic hydroxyl groups is 1. The summed E-state index contributed by atoms with van der Waals surface area (Å²) in [6.45, 7) is -0.580. The van der Waals surface area contributed by atoms with Gasteiger partial charge in [-0.2, -0.15) is 14.2 Å². The summed E-state index contributed by atoms with van der Waals surface area (Å²) >= 11 is 0. The van der Waals surface area contributed by atoms with E-state index in [1.807, 2.05) is 0 Å². The normalized spacial score (nSPS) is 18.3. The van der Waals surface area contributed by atoms with E-state index in [1.165, 1.54) is 17.2 Å². The van der Waals surface area contributed by atoms with Crippen LogP contribution in [-0.2, 0) is 47.5 Å². The average molecular weight is 476 g/mol. The molecule has 2 N–H and O–H groups in total. The molecule has 0 amide bonds. The van der Waals surface area contributed by atoms with Crippen molar-refractivity contribution in [3.05, 3.63) is 38.2 Å². The van der Waals surface area contributed by atoms with Crippen LogP contribution in [0, 0.1) is 14.2 Å². The number of rotatable bonds is 10. The van der Waals surface area contributed by atoms with Gasteiger partial charge < -0.3 is 19.7 Å². The van der Waals surface area contributed by atoms with Crippen LogP contribution in [0.1, 0.15) is 31.4 Å². The summed E-state index contributed by atoms with van der Waals surface area (Å²) in [5.74, 6) is -2.31. The monoisotopic (exact) mass is 476 g/mol. The van der Waals surface area contributed by atoms with Crippen molar-refractivity contribution in [1.82, 2.24) is 14.8 Å². The van der Waals surface area contributed by atoms with Crippen LogP contribution in [0.15, 0.2) is 18.3 Å². The first kappa shape index (κ1) is 26.8. The molecule has 173 valence electrons. The summed E-state index contributed by atoms with van der Waals surface area (Å²) in [6.07, 6.45) is 4.54. The summed E-state index contributed by atoms with van der Waals surface area (Å²) in [7, 11) is 6.25. The Hall–Kier alpha value is -2.20. The smallest absolute Gasteiger partial charge is 0.317 e. The number of pyridine rings is 1. The zero-order chi connectivity index (χ0) is 22.1. The van der Waals surface area contributed by atoms with Crippen molar-refractivity contribution in [3.8, 4) is 5.75 Å². The van der Waals surface area contributed by atoms with Crippen molar-refractivity contribution in [2.45, 2.75) is 44.3 Å². The van der Waals surface area contributed by atoms with Crippen molar-refractivity contribution in [2.24, 2.45) is 0 Å². The molecule has 1 aliphatic rings. The first-order valence-corrected chi connectivity index (χ1v) is 9.58. The maximum atomic E-state index is 12.0. The number of hydrogen-bond acceptors (Lipinski definition) is 9. The molecule has 1 saturated carbocycles. The van der Waals surface area contributed by atoms with E-state index < -0.39 is 17.9 Å². The minimum atomic E-state index is -1.08. The minimum absolute atomic E-state index is 0. The summed E-state index contributed by atoms with van der Waals surface area (Å²) in [5.41, 5.74) is 0.376. The number of carbonyl (C=O) groups excluding carboxylic acids is 2. The van der Waals surface area contributed by atoms with Gasteiger partial charge in [-0.3, -0.25) is 29.2 Å². The van der Waals surface area contributed by atoms with Crippen LogP contribution < -0.4 is 0 Å². The molecule has 1 radical (unpaired) electrons. The van der Waals surface area contributed by atoms with Crippen LogP contribution in [0.2, 0.25) is 0 Å². The first-order chi connectivity index (χ1) is 14.3. The van der Waals surface area contributed by atoms with Gasteiger partial charge >= 0.3 is 5.97 Å². The SMILES string of the molecule is [CH2-]OC(=O)CN(CC(=O)O)C1CCCC[C@@H]1N(CC(=O)O[CH2-])Cc1ncccc1O.[Mn]. The minimum Gasteiger partial charge on any atom is -0.639 e. The number of esters is 2. The topological polar surface area (TPSA) is 130 Å². The predicted octanol–water partition coefficient (Wildman–Crippen LogP) is 0.954. The summed E-state index contributed by atoms with van der Waals surface area (Å²) < 4.78 is 9.06. The zero-order valence-electron chi connectivity index (χ0n) is 17.1. The molecule has 11 heteroatoms. The molecule has 1 fully saturated rings. The molecular weight excluding hydrogens is 449 g/mol. The van der Waals surface area contributed by atoms with Crippen LogP contribution in [0.25, 0.3) is 0 Å². The van der Waals surface area contributed by atoms with Crippen molar-refractivity contribution in [3.63, 3.8) is 0 Å². The second kappa shape index (κ2) is 13.3. The third-order valence-corrected chi connectivity index (χ3v) is 5.18. The standard InChI is InChI=1S/C20H27N3O7.Mn/c1-29-19(27)12-22(10-14-17(24)8-5-9-21-14)15-6-3-4-7-16(15)23(11-18(25)26)13-20(28)30-2;/h5,8-9,15-16,24H,1-4,6-7,10-13H2,(H,25,26);/q-2;/t15-,16?;/m0./s1. The Kier molecular flexibility index (Phi) is 11.5. The second-order valence-corrected chi connectivity index (χ2v) is 7.12. The molecular formula is C20H27MnN3O7-2. The third-order valence-electron chi connectivity index (χ3n) is 5.18. The largest absolute Gasteiger partial charge is 0.639 e. The van der Waals surface area contributed by atoms with E-state index in [-0.39, 0.29) is 61.1 Å². The van der Waals surface area contributed by atoms with Gasteiger partial charge in [0.25, 0.3) is 11.9 Å². The number of aromatic nitrogens is 1. The zero-order valence-corrected chi connectivity index (χ0v) is 18.3. The van der Waals surface area contributed by atoms with Crippen molar-refractivity contribution >= 4 is 17.9 Å². The van der Waals surface area contributed by atoms with Gasteiger partial charge in [0.05, 0.1) is 25.3 Å². The number of aliphatic carboxylic acids is 1. The molecule has 31 heavy (non-hydrogen) atoms. The number of carboxylic acid groups (broad SMARTS) is 1. The van der Waals surface area contributed by atoms with E-state index in [9.17, 15) is 24.6 Å². The molecule has 1 aromatic rings. The fourth-order valence-corrected chi connectivity index (χ4v) is 3.86. The van der Waals surface area contributed by atoms with Gasteiger partial charge in [-0.25, -0.2) is 0 Å². The second-order valence-electron chi connectivity index (χ2n) is 7.12. The number of carboxylic acids is 1. The molecule has 1 unspecified atom stereocenters. The van der Waals surface area contributed by atoms with Crippen LogP contribution >= 0.6 is 0 Å². The molecule has 1 aromatic heterocycles. The van der Waals surface area contributed by atoms with E-state index >= 15 is 0 Å². The molecule has 0 aromatic carbocycles. The Labute approximate surface area is 192 Å². The van der Waals surface area contributed by atoms with Gasteiger partial charge in [0.1, 0.15) is 5.75 Å². The van der Waals surface area contributed by atoms with Crippen LogP contribution in [0.3, 0.4) is 0 Å². The van der Waals surface area contributed by atoms with Crippen molar-refractivity contribution in [1.29, 1.82) is 0 Å². The van der Waals surface area contributed by atoms with E-state index in [1.54, 1.807) is 11.0 Å². The third kappa shape index (κ3) is 8.10. The van der Waals surface area contributed by atoms with Gasteiger partial charge in [-0.15, -0.1) is 0 Å². The summed E-state index contributed by atoms with van der Waals surface area (Å²) in [6, 6.07) is 2.48. The molecule has 1 aliphatic carbocycles. The molecule has 0 saturated heterocycles. The van der Waals surface area contributed by atoms with Gasteiger partial charge in [0.15, 0.2) is 0 Å².